The number of amides is 1. The van der Waals surface area contributed by atoms with Gasteiger partial charge in [-0.3, -0.25) is 9.78 Å². The molecule has 0 spiro atoms. The van der Waals surface area contributed by atoms with Crippen molar-refractivity contribution in [2.45, 2.75) is 26.1 Å². The summed E-state index contributed by atoms with van der Waals surface area (Å²) in [7, 11) is 0. The van der Waals surface area contributed by atoms with Crippen molar-refractivity contribution in [1.29, 1.82) is 0 Å². The van der Waals surface area contributed by atoms with Gasteiger partial charge in [0.1, 0.15) is 5.69 Å². The number of nitrogens with zero attached hydrogens (tertiary/aromatic N) is 1. The third kappa shape index (κ3) is 3.22. The Morgan fingerprint density at radius 1 is 1.44 bits per heavy atom. The normalized spacial score (nSPS) is 11.6. The van der Waals surface area contributed by atoms with Gasteiger partial charge in [-0.05, 0) is 26.0 Å². The first kappa shape index (κ1) is 12.5. The zero-order valence-corrected chi connectivity index (χ0v) is 8.80. The van der Waals surface area contributed by atoms with Crippen molar-refractivity contribution in [2.24, 2.45) is 0 Å². The quantitative estimate of drug-likeness (QED) is 0.849. The van der Waals surface area contributed by atoms with Crippen molar-refractivity contribution in [3.8, 4) is 0 Å². The predicted molar refractivity (Wildman–Crippen MR) is 51.8 cm³/mol. The summed E-state index contributed by atoms with van der Waals surface area (Å²) < 4.78 is 36.9. The zero-order chi connectivity index (χ0) is 12.3. The first-order valence-corrected chi connectivity index (χ1v) is 4.65. The smallest absolute Gasteiger partial charge is 0.350 e. The second kappa shape index (κ2) is 4.51. The van der Waals surface area contributed by atoms with E-state index in [-0.39, 0.29) is 11.6 Å². The van der Waals surface area contributed by atoms with Crippen LogP contribution in [0.25, 0.3) is 0 Å². The first-order chi connectivity index (χ1) is 7.30. The molecular formula is C10H11F3N2O. The lowest BCUT2D eigenvalue weighted by Gasteiger charge is -2.10. The monoisotopic (exact) mass is 232 g/mol. The van der Waals surface area contributed by atoms with Crippen LogP contribution in [0.1, 0.15) is 29.9 Å². The van der Waals surface area contributed by atoms with E-state index in [1.807, 2.05) is 0 Å². The number of nitrogens with one attached hydrogen (secondary N) is 1. The molecule has 1 N–H and O–H groups in total. The van der Waals surface area contributed by atoms with Gasteiger partial charge >= 0.3 is 6.18 Å². The molecule has 0 atom stereocenters. The summed E-state index contributed by atoms with van der Waals surface area (Å²) in [5, 5.41) is 2.50. The van der Waals surface area contributed by atoms with E-state index in [0.29, 0.717) is 0 Å². The number of hydrogen-bond acceptors (Lipinski definition) is 2. The van der Waals surface area contributed by atoms with E-state index in [1.54, 1.807) is 13.8 Å². The molecule has 0 aromatic carbocycles. The highest BCUT2D eigenvalue weighted by Crippen LogP contribution is 2.27. The first-order valence-electron chi connectivity index (χ1n) is 4.65. The van der Waals surface area contributed by atoms with Crippen molar-refractivity contribution in [1.82, 2.24) is 10.3 Å². The number of hydrogen-bond donors (Lipinski definition) is 1. The van der Waals surface area contributed by atoms with Gasteiger partial charge < -0.3 is 5.32 Å². The molecular weight excluding hydrogens is 221 g/mol. The predicted octanol–water partition coefficient (Wildman–Crippen LogP) is 2.24. The van der Waals surface area contributed by atoms with Gasteiger partial charge in [-0.15, -0.1) is 0 Å². The summed E-state index contributed by atoms with van der Waals surface area (Å²) in [4.78, 5) is 14.6. The lowest BCUT2D eigenvalue weighted by Crippen LogP contribution is -2.30. The maximum Gasteiger partial charge on any atom is 0.433 e. The number of alkyl halides is 3. The molecule has 6 heteroatoms. The molecule has 1 heterocycles. The third-order valence-electron chi connectivity index (χ3n) is 1.73. The van der Waals surface area contributed by atoms with Gasteiger partial charge in [-0.2, -0.15) is 13.2 Å². The van der Waals surface area contributed by atoms with E-state index in [1.165, 1.54) is 6.07 Å². The van der Waals surface area contributed by atoms with Crippen molar-refractivity contribution < 1.29 is 18.0 Å². The summed E-state index contributed by atoms with van der Waals surface area (Å²) in [6.07, 6.45) is -3.56. The standard InChI is InChI=1S/C10H11F3N2O/c1-6(2)15-9(16)7-3-4-14-8(5-7)10(11,12)13/h3-6H,1-2H3,(H,15,16). The van der Waals surface area contributed by atoms with E-state index in [2.05, 4.69) is 10.3 Å². The molecule has 0 aliphatic carbocycles. The van der Waals surface area contributed by atoms with E-state index in [0.717, 1.165) is 12.3 Å². The molecule has 0 fully saturated rings. The van der Waals surface area contributed by atoms with Crippen LogP contribution in [0, 0.1) is 0 Å². The minimum absolute atomic E-state index is 0.0453. The van der Waals surface area contributed by atoms with Gasteiger partial charge in [0.05, 0.1) is 0 Å². The van der Waals surface area contributed by atoms with Gasteiger partial charge in [-0.1, -0.05) is 0 Å². The number of halogens is 3. The van der Waals surface area contributed by atoms with E-state index in [9.17, 15) is 18.0 Å². The number of rotatable bonds is 2. The summed E-state index contributed by atoms with van der Waals surface area (Å²) in [6.45, 7) is 3.45. The Hall–Kier alpha value is -1.59. The lowest BCUT2D eigenvalue weighted by molar-refractivity contribution is -0.141. The molecule has 1 rings (SSSR count). The van der Waals surface area contributed by atoms with Gasteiger partial charge in [-0.25, -0.2) is 0 Å². The second-order valence-corrected chi connectivity index (χ2v) is 3.56. The topological polar surface area (TPSA) is 42.0 Å². The molecule has 1 amide bonds. The zero-order valence-electron chi connectivity index (χ0n) is 8.80. The minimum atomic E-state index is -4.53. The van der Waals surface area contributed by atoms with Crippen molar-refractivity contribution >= 4 is 5.91 Å². The molecule has 0 bridgehead atoms. The number of aromatic nitrogens is 1. The van der Waals surface area contributed by atoms with Crippen molar-refractivity contribution in [3.63, 3.8) is 0 Å². The Labute approximate surface area is 90.7 Å². The Morgan fingerprint density at radius 2 is 2.06 bits per heavy atom. The van der Waals surface area contributed by atoms with Crippen LogP contribution in [0.5, 0.6) is 0 Å². The molecule has 0 aliphatic rings. The summed E-state index contributed by atoms with van der Waals surface area (Å²) in [5.41, 5.74) is -1.11. The fraction of sp³-hybridized carbons (Fsp3) is 0.400. The molecule has 88 valence electrons. The molecule has 0 saturated carbocycles. The van der Waals surface area contributed by atoms with Crippen LogP contribution >= 0.6 is 0 Å². The Bertz CT molecular complexity index is 388. The molecule has 0 unspecified atom stereocenters. The van der Waals surface area contributed by atoms with Gasteiger partial charge in [0, 0.05) is 17.8 Å². The average Bonchev–Trinajstić information content (AvgIpc) is 2.15. The van der Waals surface area contributed by atoms with E-state index < -0.39 is 17.8 Å². The minimum Gasteiger partial charge on any atom is -0.350 e. The number of pyridine rings is 1. The maximum atomic E-state index is 12.3. The van der Waals surface area contributed by atoms with E-state index in [4.69, 9.17) is 0 Å². The Morgan fingerprint density at radius 3 is 2.56 bits per heavy atom. The second-order valence-electron chi connectivity index (χ2n) is 3.56. The van der Waals surface area contributed by atoms with Crippen LogP contribution in [-0.2, 0) is 6.18 Å². The SMILES string of the molecule is CC(C)NC(=O)c1ccnc(C(F)(F)F)c1. The summed E-state index contributed by atoms with van der Waals surface area (Å²) >= 11 is 0. The van der Waals surface area contributed by atoms with Crippen LogP contribution in [-0.4, -0.2) is 16.9 Å². The number of carbonyl (C=O) groups is 1. The molecule has 1 aromatic heterocycles. The van der Waals surface area contributed by atoms with Crippen molar-refractivity contribution in [3.05, 3.63) is 29.6 Å². The Kier molecular flexibility index (Phi) is 3.51. The van der Waals surface area contributed by atoms with Gasteiger partial charge in [0.2, 0.25) is 0 Å². The lowest BCUT2D eigenvalue weighted by atomic mass is 10.2. The Balaban J connectivity index is 2.95. The molecule has 0 aliphatic heterocycles. The highest BCUT2D eigenvalue weighted by molar-refractivity contribution is 5.94. The molecule has 0 radical (unpaired) electrons. The molecule has 16 heavy (non-hydrogen) atoms. The van der Waals surface area contributed by atoms with Crippen molar-refractivity contribution in [2.75, 3.05) is 0 Å². The van der Waals surface area contributed by atoms with Crippen LogP contribution in [0.4, 0.5) is 13.2 Å². The van der Waals surface area contributed by atoms with Gasteiger partial charge in [0.15, 0.2) is 0 Å². The fourth-order valence-electron chi connectivity index (χ4n) is 1.07. The third-order valence-corrected chi connectivity index (χ3v) is 1.73. The largest absolute Gasteiger partial charge is 0.433 e. The number of carbonyl (C=O) groups excluding carboxylic acids is 1. The van der Waals surface area contributed by atoms with E-state index >= 15 is 0 Å². The molecule has 1 aromatic rings. The summed E-state index contributed by atoms with van der Waals surface area (Å²) in [6, 6.07) is 1.85. The average molecular weight is 232 g/mol. The van der Waals surface area contributed by atoms with Crippen LogP contribution < -0.4 is 5.32 Å². The van der Waals surface area contributed by atoms with Crippen LogP contribution in [0.2, 0.25) is 0 Å². The van der Waals surface area contributed by atoms with Crippen LogP contribution in [0.3, 0.4) is 0 Å². The fourth-order valence-corrected chi connectivity index (χ4v) is 1.07. The highest BCUT2D eigenvalue weighted by atomic mass is 19.4. The maximum absolute atomic E-state index is 12.3. The van der Waals surface area contributed by atoms with Crippen LogP contribution in [0.15, 0.2) is 18.3 Å². The molecule has 3 nitrogen and oxygen atoms in total. The molecule has 0 saturated heterocycles. The summed E-state index contributed by atoms with van der Waals surface area (Å²) in [5.74, 6) is -0.539. The highest BCUT2D eigenvalue weighted by Gasteiger charge is 2.32. The van der Waals surface area contributed by atoms with Gasteiger partial charge in [0.25, 0.3) is 5.91 Å².